The lowest BCUT2D eigenvalue weighted by Gasteiger charge is -2.20. The molecule has 22 heavy (non-hydrogen) atoms. The fraction of sp³-hybridized carbons (Fsp3) is 0.312. The Morgan fingerprint density at radius 2 is 1.91 bits per heavy atom. The summed E-state index contributed by atoms with van der Waals surface area (Å²) in [7, 11) is -1.49. The van der Waals surface area contributed by atoms with Gasteiger partial charge in [0.25, 0.3) is 0 Å². The average Bonchev–Trinajstić information content (AvgIpc) is 2.54. The van der Waals surface area contributed by atoms with Gasteiger partial charge in [0.1, 0.15) is 11.9 Å². The Bertz CT molecular complexity index is 562. The van der Waals surface area contributed by atoms with Crippen LogP contribution in [0.15, 0.2) is 48.8 Å². The van der Waals surface area contributed by atoms with Gasteiger partial charge in [-0.3, -0.25) is 4.98 Å². The van der Waals surface area contributed by atoms with Gasteiger partial charge in [-0.2, -0.15) is 0 Å². The molecule has 116 valence electrons. The summed E-state index contributed by atoms with van der Waals surface area (Å²) in [5.41, 5.74) is 1.48. The van der Waals surface area contributed by atoms with Gasteiger partial charge in [0, 0.05) is 12.4 Å². The molecular formula is C16H20BNO4. The Morgan fingerprint density at radius 3 is 2.50 bits per heavy atom. The van der Waals surface area contributed by atoms with Crippen molar-refractivity contribution in [1.29, 1.82) is 0 Å². The lowest BCUT2D eigenvalue weighted by molar-refractivity contribution is 0.0420. The quantitative estimate of drug-likeness (QED) is 0.650. The monoisotopic (exact) mass is 301 g/mol. The second-order valence-electron chi connectivity index (χ2n) is 5.23. The van der Waals surface area contributed by atoms with E-state index in [2.05, 4.69) is 4.98 Å². The van der Waals surface area contributed by atoms with E-state index in [4.69, 9.17) is 14.8 Å². The van der Waals surface area contributed by atoms with Gasteiger partial charge in [-0.25, -0.2) is 0 Å². The van der Waals surface area contributed by atoms with Crippen LogP contribution < -0.4 is 10.2 Å². The smallest absolute Gasteiger partial charge is 0.488 e. The van der Waals surface area contributed by atoms with E-state index in [1.165, 1.54) is 0 Å². The van der Waals surface area contributed by atoms with Crippen molar-refractivity contribution in [1.82, 2.24) is 4.98 Å². The molecular weight excluding hydrogens is 281 g/mol. The predicted molar refractivity (Wildman–Crippen MR) is 84.9 cm³/mol. The molecule has 0 unspecified atom stereocenters. The number of rotatable bonds is 7. The molecule has 0 aliphatic carbocycles. The summed E-state index contributed by atoms with van der Waals surface area (Å²) in [6.07, 6.45) is 3.87. The van der Waals surface area contributed by atoms with Gasteiger partial charge in [0.2, 0.25) is 0 Å². The third-order valence-corrected chi connectivity index (χ3v) is 3.49. The molecule has 0 fully saturated rings. The van der Waals surface area contributed by atoms with E-state index in [9.17, 15) is 5.11 Å². The number of hydrogen-bond acceptors (Lipinski definition) is 5. The van der Waals surface area contributed by atoms with Crippen molar-refractivity contribution < 1.29 is 19.9 Å². The Morgan fingerprint density at radius 1 is 1.18 bits per heavy atom. The van der Waals surface area contributed by atoms with Crippen LogP contribution in [-0.2, 0) is 6.42 Å². The van der Waals surface area contributed by atoms with Gasteiger partial charge in [-0.15, -0.1) is 0 Å². The van der Waals surface area contributed by atoms with Crippen LogP contribution in [0.3, 0.4) is 0 Å². The van der Waals surface area contributed by atoms with Crippen molar-refractivity contribution in [2.75, 3.05) is 0 Å². The van der Waals surface area contributed by atoms with Crippen LogP contribution in [0.1, 0.15) is 18.9 Å². The number of aliphatic hydroxyl groups is 1. The van der Waals surface area contributed by atoms with Gasteiger partial charge in [-0.1, -0.05) is 18.2 Å². The lowest BCUT2D eigenvalue weighted by atomic mass is 9.80. The number of aliphatic hydroxyl groups excluding tert-OH is 1. The normalized spacial score (nSPS) is 13.5. The summed E-state index contributed by atoms with van der Waals surface area (Å²) in [4.78, 5) is 4.04. The first-order valence-electron chi connectivity index (χ1n) is 7.26. The van der Waals surface area contributed by atoms with E-state index in [1.54, 1.807) is 36.7 Å². The molecule has 6 heteroatoms. The van der Waals surface area contributed by atoms with Crippen LogP contribution in [0.5, 0.6) is 5.75 Å². The molecule has 0 saturated carbocycles. The predicted octanol–water partition coefficient (Wildman–Crippen LogP) is 0.522. The summed E-state index contributed by atoms with van der Waals surface area (Å²) in [6, 6.07) is 10.3. The molecule has 0 aliphatic heterocycles. The van der Waals surface area contributed by atoms with E-state index >= 15 is 0 Å². The van der Waals surface area contributed by atoms with E-state index in [1.807, 2.05) is 19.1 Å². The zero-order valence-electron chi connectivity index (χ0n) is 12.5. The summed E-state index contributed by atoms with van der Waals surface area (Å²) in [6.45, 7) is 1.81. The molecule has 0 radical (unpaired) electrons. The Balaban J connectivity index is 1.84. The summed E-state index contributed by atoms with van der Waals surface area (Å²) in [5, 5.41) is 28.2. The third kappa shape index (κ3) is 4.84. The summed E-state index contributed by atoms with van der Waals surface area (Å²) in [5.74, 6) is 0.581. The zero-order valence-corrected chi connectivity index (χ0v) is 12.5. The summed E-state index contributed by atoms with van der Waals surface area (Å²) >= 11 is 0. The maximum Gasteiger partial charge on any atom is 0.488 e. The number of benzene rings is 1. The minimum Gasteiger partial charge on any atom is -0.488 e. The number of aryl methyl sites for hydroxylation is 1. The Kier molecular flexibility index (Phi) is 5.95. The molecule has 1 aromatic heterocycles. The van der Waals surface area contributed by atoms with Crippen LogP contribution in [0.2, 0.25) is 0 Å². The maximum atomic E-state index is 10.2. The number of hydrogen-bond donors (Lipinski definition) is 3. The number of pyridine rings is 1. The minimum absolute atomic E-state index is 0.360. The zero-order chi connectivity index (χ0) is 15.9. The molecule has 1 heterocycles. The number of nitrogens with zero attached hydrogens (tertiary/aromatic N) is 1. The van der Waals surface area contributed by atoms with E-state index in [0.29, 0.717) is 17.6 Å². The molecule has 0 spiro atoms. The highest BCUT2D eigenvalue weighted by Gasteiger charge is 2.16. The average molecular weight is 301 g/mol. The number of aromatic nitrogens is 1. The Labute approximate surface area is 130 Å². The van der Waals surface area contributed by atoms with E-state index in [0.717, 1.165) is 12.0 Å². The molecule has 0 bridgehead atoms. The van der Waals surface area contributed by atoms with E-state index < -0.39 is 13.2 Å². The molecule has 0 amide bonds. The second-order valence-corrected chi connectivity index (χ2v) is 5.23. The van der Waals surface area contributed by atoms with Crippen LogP contribution in [0, 0.1) is 0 Å². The second kappa shape index (κ2) is 7.94. The number of ether oxygens (including phenoxy) is 1. The minimum atomic E-state index is -1.49. The van der Waals surface area contributed by atoms with Gasteiger partial charge in [-0.05, 0) is 49.0 Å². The molecule has 3 N–H and O–H groups in total. The van der Waals surface area contributed by atoms with Crippen molar-refractivity contribution in [3.05, 3.63) is 54.4 Å². The van der Waals surface area contributed by atoms with Crippen molar-refractivity contribution in [2.45, 2.75) is 32.0 Å². The highest BCUT2D eigenvalue weighted by atomic mass is 16.5. The van der Waals surface area contributed by atoms with Gasteiger partial charge in [0.05, 0.1) is 6.10 Å². The largest absolute Gasteiger partial charge is 0.488 e. The highest BCUT2D eigenvalue weighted by molar-refractivity contribution is 6.58. The molecule has 5 nitrogen and oxygen atoms in total. The van der Waals surface area contributed by atoms with Crippen molar-refractivity contribution >= 4 is 12.6 Å². The van der Waals surface area contributed by atoms with Crippen LogP contribution in [-0.4, -0.2) is 39.5 Å². The van der Waals surface area contributed by atoms with Gasteiger partial charge >= 0.3 is 7.12 Å². The lowest BCUT2D eigenvalue weighted by Crippen LogP contribution is -2.31. The van der Waals surface area contributed by atoms with Crippen LogP contribution in [0.4, 0.5) is 0 Å². The van der Waals surface area contributed by atoms with Crippen molar-refractivity contribution in [2.24, 2.45) is 0 Å². The summed E-state index contributed by atoms with van der Waals surface area (Å²) < 4.78 is 5.67. The molecule has 2 atom stereocenters. The topological polar surface area (TPSA) is 82.8 Å². The molecule has 1 aromatic carbocycles. The standard InChI is InChI=1S/C16H20BNO4/c1-12(16(19)9-4-13-3-2-10-18-11-13)22-15-7-5-14(6-8-15)17(20)21/h2-3,5-8,10-12,16,19-21H,4,9H2,1H3/t12-,16-/m0/s1. The SMILES string of the molecule is C[C@H](Oc1ccc(B(O)O)cc1)[C@@H](O)CCc1cccnc1. The highest BCUT2D eigenvalue weighted by Crippen LogP contribution is 2.14. The Hall–Kier alpha value is -1.89. The first kappa shape index (κ1) is 16.5. The van der Waals surface area contributed by atoms with Crippen LogP contribution in [0.25, 0.3) is 0 Å². The maximum absolute atomic E-state index is 10.2. The molecule has 2 rings (SSSR count). The first-order valence-corrected chi connectivity index (χ1v) is 7.26. The van der Waals surface area contributed by atoms with E-state index in [-0.39, 0.29) is 6.10 Å². The fourth-order valence-corrected chi connectivity index (χ4v) is 2.11. The fourth-order valence-electron chi connectivity index (χ4n) is 2.11. The van der Waals surface area contributed by atoms with Crippen molar-refractivity contribution in [3.63, 3.8) is 0 Å². The van der Waals surface area contributed by atoms with Crippen molar-refractivity contribution in [3.8, 4) is 5.75 Å². The molecule has 0 aliphatic rings. The van der Waals surface area contributed by atoms with Gasteiger partial charge < -0.3 is 19.9 Å². The van der Waals surface area contributed by atoms with Gasteiger partial charge in [0.15, 0.2) is 0 Å². The third-order valence-electron chi connectivity index (χ3n) is 3.49. The van der Waals surface area contributed by atoms with Crippen LogP contribution >= 0.6 is 0 Å². The molecule has 2 aromatic rings. The first-order chi connectivity index (χ1) is 10.6. The molecule has 0 saturated heterocycles.